The molecule has 1 aliphatic heterocycles. The summed E-state index contributed by atoms with van der Waals surface area (Å²) >= 11 is 0. The maximum atomic E-state index is 12.7. The number of nitrogens with zero attached hydrogens (tertiary/aromatic N) is 4. The molecule has 31 heavy (non-hydrogen) atoms. The fourth-order valence-corrected chi connectivity index (χ4v) is 3.71. The van der Waals surface area contributed by atoms with Crippen LogP contribution in [-0.2, 0) is 6.54 Å². The Morgan fingerprint density at radius 2 is 1.97 bits per heavy atom. The third kappa shape index (κ3) is 3.83. The van der Waals surface area contributed by atoms with E-state index in [0.29, 0.717) is 36.7 Å². The maximum Gasteiger partial charge on any atom is 0.321 e. The van der Waals surface area contributed by atoms with Crippen molar-refractivity contribution in [1.29, 1.82) is 0 Å². The Bertz CT molecular complexity index is 1280. The van der Waals surface area contributed by atoms with E-state index in [4.69, 9.17) is 0 Å². The molecule has 0 aliphatic carbocycles. The molecule has 0 saturated carbocycles. The molecule has 2 aromatic carbocycles. The number of hydrogen-bond donors (Lipinski definition) is 2. The number of nitrogens with one attached hydrogen (secondary N) is 2. The molecule has 154 valence electrons. The molecule has 1 saturated heterocycles. The van der Waals surface area contributed by atoms with Gasteiger partial charge in [-0.05, 0) is 29.8 Å². The Labute approximate surface area is 178 Å². The van der Waals surface area contributed by atoms with Crippen LogP contribution in [0, 0.1) is 0 Å². The van der Waals surface area contributed by atoms with Crippen molar-refractivity contribution in [3.8, 4) is 0 Å². The van der Waals surface area contributed by atoms with Gasteiger partial charge in [0.25, 0.3) is 5.91 Å². The van der Waals surface area contributed by atoms with E-state index < -0.39 is 0 Å². The fourth-order valence-electron chi connectivity index (χ4n) is 3.71. The lowest BCUT2D eigenvalue weighted by Crippen LogP contribution is -2.27. The summed E-state index contributed by atoms with van der Waals surface area (Å²) in [6.07, 6.45) is 3.60. The van der Waals surface area contributed by atoms with Crippen molar-refractivity contribution < 1.29 is 9.59 Å². The van der Waals surface area contributed by atoms with Crippen LogP contribution in [0.1, 0.15) is 15.9 Å². The van der Waals surface area contributed by atoms with Crippen LogP contribution in [0.2, 0.25) is 0 Å². The first-order chi connectivity index (χ1) is 15.2. The number of amides is 3. The van der Waals surface area contributed by atoms with Crippen LogP contribution in [0.25, 0.3) is 10.9 Å². The molecular formula is C23H20N6O2. The van der Waals surface area contributed by atoms with Crippen LogP contribution in [-0.4, -0.2) is 39.8 Å². The average molecular weight is 412 g/mol. The van der Waals surface area contributed by atoms with Crippen LogP contribution >= 0.6 is 0 Å². The number of carbonyl (C=O) groups is 2. The summed E-state index contributed by atoms with van der Waals surface area (Å²) in [5.74, 6) is 0.182. The van der Waals surface area contributed by atoms with Gasteiger partial charge >= 0.3 is 6.03 Å². The predicted octanol–water partition coefficient (Wildman–Crippen LogP) is 3.26. The molecule has 0 spiro atoms. The minimum atomic E-state index is -0.279. The van der Waals surface area contributed by atoms with E-state index in [-0.39, 0.29) is 11.9 Å². The fraction of sp³-hybridized carbons (Fsp3) is 0.130. The van der Waals surface area contributed by atoms with Gasteiger partial charge in [-0.2, -0.15) is 5.10 Å². The van der Waals surface area contributed by atoms with Gasteiger partial charge in [0.2, 0.25) is 0 Å². The van der Waals surface area contributed by atoms with E-state index in [1.165, 1.54) is 0 Å². The van der Waals surface area contributed by atoms with Gasteiger partial charge in [-0.15, -0.1) is 0 Å². The van der Waals surface area contributed by atoms with E-state index in [9.17, 15) is 9.59 Å². The zero-order chi connectivity index (χ0) is 21.2. The largest absolute Gasteiger partial charge is 0.336 e. The molecule has 2 N–H and O–H groups in total. The molecule has 1 fully saturated rings. The van der Waals surface area contributed by atoms with Crippen LogP contribution in [0.5, 0.6) is 0 Å². The van der Waals surface area contributed by atoms with Gasteiger partial charge in [-0.1, -0.05) is 30.3 Å². The normalized spacial score (nSPS) is 13.4. The van der Waals surface area contributed by atoms with E-state index in [1.54, 1.807) is 40.0 Å². The highest BCUT2D eigenvalue weighted by Crippen LogP contribution is 2.20. The van der Waals surface area contributed by atoms with Crippen molar-refractivity contribution >= 4 is 34.3 Å². The lowest BCUT2D eigenvalue weighted by atomic mass is 10.1. The molecule has 0 unspecified atom stereocenters. The Morgan fingerprint density at radius 3 is 2.84 bits per heavy atom. The maximum absolute atomic E-state index is 12.7. The molecule has 8 nitrogen and oxygen atoms in total. The third-order valence-corrected chi connectivity index (χ3v) is 5.21. The number of carbonyl (C=O) groups excluding carboxylic acids is 2. The van der Waals surface area contributed by atoms with Crippen LogP contribution in [0.3, 0.4) is 0 Å². The molecule has 2 aromatic heterocycles. The highest BCUT2D eigenvalue weighted by molar-refractivity contribution is 6.05. The predicted molar refractivity (Wildman–Crippen MR) is 118 cm³/mol. The van der Waals surface area contributed by atoms with Gasteiger partial charge in [0.1, 0.15) is 0 Å². The Balaban J connectivity index is 1.31. The van der Waals surface area contributed by atoms with E-state index in [0.717, 1.165) is 16.5 Å². The number of pyridine rings is 1. The summed E-state index contributed by atoms with van der Waals surface area (Å²) in [7, 11) is 0. The Hall–Kier alpha value is -4.20. The SMILES string of the molecule is O=C(Nc1ccn(Cc2cccc3cccnc23)n1)c1cccc(N2CCNC2=O)c1. The minimum Gasteiger partial charge on any atom is -0.336 e. The molecule has 3 heterocycles. The average Bonchev–Trinajstić information content (AvgIpc) is 3.42. The zero-order valence-corrected chi connectivity index (χ0v) is 16.7. The van der Waals surface area contributed by atoms with Crippen LogP contribution in [0.4, 0.5) is 16.3 Å². The van der Waals surface area contributed by atoms with Crippen molar-refractivity contribution in [2.24, 2.45) is 0 Å². The van der Waals surface area contributed by atoms with Gasteiger partial charge < -0.3 is 10.6 Å². The monoisotopic (exact) mass is 412 g/mol. The Morgan fingerprint density at radius 1 is 1.10 bits per heavy atom. The first-order valence-electron chi connectivity index (χ1n) is 10.0. The standard InChI is InChI=1S/C23H20N6O2/c30-22(17-5-2-8-19(14-17)29-13-11-25-23(29)31)26-20-9-12-28(27-20)15-18-6-1-4-16-7-3-10-24-21(16)18/h1-10,12,14H,11,13,15H2,(H,25,31)(H,26,27,30). The summed E-state index contributed by atoms with van der Waals surface area (Å²) < 4.78 is 1.77. The molecule has 8 heteroatoms. The summed E-state index contributed by atoms with van der Waals surface area (Å²) in [5.41, 5.74) is 3.14. The summed E-state index contributed by atoms with van der Waals surface area (Å²) in [5, 5.41) is 11.1. The van der Waals surface area contributed by atoms with Crippen LogP contribution < -0.4 is 15.5 Å². The molecule has 5 rings (SSSR count). The summed E-state index contributed by atoms with van der Waals surface area (Å²) in [6.45, 7) is 1.72. The summed E-state index contributed by atoms with van der Waals surface area (Å²) in [6, 6.07) is 18.6. The number of benzene rings is 2. The number of urea groups is 1. The first kappa shape index (κ1) is 18.8. The third-order valence-electron chi connectivity index (χ3n) is 5.21. The van der Waals surface area contributed by atoms with Gasteiger partial charge in [0.05, 0.1) is 12.1 Å². The number of anilines is 2. The Kier molecular flexibility index (Phi) is 4.80. The minimum absolute atomic E-state index is 0.153. The quantitative estimate of drug-likeness (QED) is 0.526. The number of hydrogen-bond acceptors (Lipinski definition) is 4. The van der Waals surface area contributed by atoms with Crippen molar-refractivity contribution in [1.82, 2.24) is 20.1 Å². The highest BCUT2D eigenvalue weighted by Gasteiger charge is 2.22. The molecule has 0 bridgehead atoms. The topological polar surface area (TPSA) is 92.2 Å². The van der Waals surface area contributed by atoms with Gasteiger partial charge in [0.15, 0.2) is 5.82 Å². The second-order valence-corrected chi connectivity index (χ2v) is 7.28. The lowest BCUT2D eigenvalue weighted by Gasteiger charge is -2.15. The van der Waals surface area contributed by atoms with Crippen LogP contribution in [0.15, 0.2) is 73.1 Å². The van der Waals surface area contributed by atoms with Gasteiger partial charge in [0, 0.05) is 48.2 Å². The number of aromatic nitrogens is 3. The molecule has 3 amide bonds. The van der Waals surface area contributed by atoms with Crippen molar-refractivity contribution in [2.45, 2.75) is 6.54 Å². The molecule has 4 aromatic rings. The first-order valence-corrected chi connectivity index (χ1v) is 10.0. The molecule has 0 atom stereocenters. The smallest absolute Gasteiger partial charge is 0.321 e. The number of para-hydroxylation sites is 1. The highest BCUT2D eigenvalue weighted by atomic mass is 16.2. The second kappa shape index (κ2) is 7.91. The van der Waals surface area contributed by atoms with Gasteiger partial charge in [-0.3, -0.25) is 19.4 Å². The number of fused-ring (bicyclic) bond motifs is 1. The zero-order valence-electron chi connectivity index (χ0n) is 16.7. The molecule has 0 radical (unpaired) electrons. The lowest BCUT2D eigenvalue weighted by molar-refractivity contribution is 0.102. The molecule has 1 aliphatic rings. The van der Waals surface area contributed by atoms with E-state index in [2.05, 4.69) is 20.7 Å². The molecular weight excluding hydrogens is 392 g/mol. The van der Waals surface area contributed by atoms with Gasteiger partial charge in [-0.25, -0.2) is 4.79 Å². The van der Waals surface area contributed by atoms with Crippen molar-refractivity contribution in [2.75, 3.05) is 23.3 Å². The van der Waals surface area contributed by atoms with Crippen molar-refractivity contribution in [3.05, 3.63) is 84.2 Å². The second-order valence-electron chi connectivity index (χ2n) is 7.28. The number of rotatable bonds is 5. The van der Waals surface area contributed by atoms with E-state index in [1.807, 2.05) is 42.6 Å². The van der Waals surface area contributed by atoms with E-state index >= 15 is 0 Å². The van der Waals surface area contributed by atoms with Crippen molar-refractivity contribution in [3.63, 3.8) is 0 Å². The summed E-state index contributed by atoms with van der Waals surface area (Å²) in [4.78, 5) is 30.7.